The van der Waals surface area contributed by atoms with E-state index in [9.17, 15) is 13.2 Å². The highest BCUT2D eigenvalue weighted by Crippen LogP contribution is 2.17. The summed E-state index contributed by atoms with van der Waals surface area (Å²) in [6, 6.07) is 5.05. The van der Waals surface area contributed by atoms with E-state index in [1.165, 1.54) is 7.11 Å². The van der Waals surface area contributed by atoms with Crippen LogP contribution < -0.4 is 0 Å². The molecule has 0 radical (unpaired) electrons. The van der Waals surface area contributed by atoms with Gasteiger partial charge in [0, 0.05) is 7.11 Å². The molecule has 94 valence electrons. The zero-order chi connectivity index (χ0) is 13.1. The van der Waals surface area contributed by atoms with Crippen LogP contribution in [0.4, 0.5) is 0 Å². The van der Waals surface area contributed by atoms with E-state index >= 15 is 0 Å². The number of ether oxygens (including phenoxy) is 1. The van der Waals surface area contributed by atoms with Crippen molar-refractivity contribution in [2.24, 2.45) is 0 Å². The maximum Gasteiger partial charge on any atom is 0.185 e. The third kappa shape index (κ3) is 3.64. The lowest BCUT2D eigenvalue weighted by Crippen LogP contribution is -2.20. The molecule has 0 saturated carbocycles. The fraction of sp³-hybridized carbons (Fsp3) is 0.417. The Kier molecular flexibility index (Phi) is 4.42. The first-order valence-corrected chi connectivity index (χ1v) is 6.82. The summed E-state index contributed by atoms with van der Waals surface area (Å²) in [4.78, 5) is 11.5. The van der Waals surface area contributed by atoms with E-state index in [0.717, 1.165) is 5.56 Å². The molecular formula is C12H16O4S. The van der Waals surface area contributed by atoms with E-state index in [-0.39, 0.29) is 11.5 Å². The Morgan fingerprint density at radius 1 is 1.29 bits per heavy atom. The molecule has 0 aromatic heterocycles. The number of ketones is 1. The molecule has 0 fully saturated rings. The van der Waals surface area contributed by atoms with Gasteiger partial charge >= 0.3 is 0 Å². The Balaban J connectivity index is 3.01. The lowest BCUT2D eigenvalue weighted by molar-refractivity contribution is -0.120. The maximum absolute atomic E-state index is 12.0. The molecule has 5 heteroatoms. The molecule has 0 bridgehead atoms. The number of rotatable bonds is 5. The van der Waals surface area contributed by atoms with Crippen LogP contribution in [0.25, 0.3) is 0 Å². The summed E-state index contributed by atoms with van der Waals surface area (Å²) >= 11 is 0. The number of carbonyl (C=O) groups is 1. The third-order valence-corrected chi connectivity index (χ3v) is 4.15. The first kappa shape index (κ1) is 13.9. The highest BCUT2D eigenvalue weighted by Gasteiger charge is 2.20. The number of hydrogen-bond acceptors (Lipinski definition) is 4. The second-order valence-corrected chi connectivity index (χ2v) is 5.96. The Hall–Kier alpha value is -1.20. The topological polar surface area (TPSA) is 60.4 Å². The van der Waals surface area contributed by atoms with Gasteiger partial charge in [-0.1, -0.05) is 17.7 Å². The zero-order valence-corrected chi connectivity index (χ0v) is 11.0. The van der Waals surface area contributed by atoms with Crippen LogP contribution in [0.2, 0.25) is 0 Å². The van der Waals surface area contributed by atoms with Gasteiger partial charge in [-0.05, 0) is 25.5 Å². The minimum Gasteiger partial charge on any atom is -0.377 e. The van der Waals surface area contributed by atoms with E-state index in [0.29, 0.717) is 5.56 Å². The van der Waals surface area contributed by atoms with Crippen LogP contribution in [-0.2, 0) is 19.4 Å². The van der Waals surface area contributed by atoms with E-state index in [1.807, 2.05) is 6.92 Å². The maximum atomic E-state index is 12.0. The van der Waals surface area contributed by atoms with Crippen LogP contribution in [-0.4, -0.2) is 33.7 Å². The van der Waals surface area contributed by atoms with Crippen LogP contribution in [0.1, 0.15) is 11.1 Å². The van der Waals surface area contributed by atoms with Crippen LogP contribution in [0.15, 0.2) is 23.1 Å². The van der Waals surface area contributed by atoms with E-state index < -0.39 is 21.4 Å². The average molecular weight is 256 g/mol. The van der Waals surface area contributed by atoms with Crippen LogP contribution in [0, 0.1) is 13.8 Å². The standard InChI is InChI=1S/C12H16O4S/c1-9-4-5-12(10(2)6-9)17(14,15)8-11(13)7-16-3/h4-6H,7-8H2,1-3H3. The second kappa shape index (κ2) is 5.42. The molecule has 1 aromatic carbocycles. The van der Waals surface area contributed by atoms with Gasteiger partial charge in [0.1, 0.15) is 12.4 Å². The molecule has 0 heterocycles. The van der Waals surface area contributed by atoms with Crippen LogP contribution >= 0.6 is 0 Å². The van der Waals surface area contributed by atoms with Crippen molar-refractivity contribution in [3.05, 3.63) is 29.3 Å². The minimum atomic E-state index is -3.56. The van der Waals surface area contributed by atoms with Crippen molar-refractivity contribution in [1.29, 1.82) is 0 Å². The third-order valence-electron chi connectivity index (χ3n) is 2.32. The quantitative estimate of drug-likeness (QED) is 0.796. The largest absolute Gasteiger partial charge is 0.377 e. The van der Waals surface area contributed by atoms with Crippen molar-refractivity contribution in [2.45, 2.75) is 18.7 Å². The normalized spacial score (nSPS) is 11.5. The SMILES string of the molecule is COCC(=O)CS(=O)(=O)c1ccc(C)cc1C. The predicted octanol–water partition coefficient (Wildman–Crippen LogP) is 1.29. The molecule has 0 unspecified atom stereocenters. The first-order chi connectivity index (χ1) is 7.86. The number of carbonyl (C=O) groups excluding carboxylic acids is 1. The molecule has 0 atom stereocenters. The molecule has 0 amide bonds. The molecule has 0 spiro atoms. The molecule has 1 aromatic rings. The van der Waals surface area contributed by atoms with Crippen molar-refractivity contribution >= 4 is 15.6 Å². The minimum absolute atomic E-state index is 0.176. The molecule has 0 aliphatic rings. The van der Waals surface area contributed by atoms with Gasteiger partial charge in [-0.25, -0.2) is 8.42 Å². The first-order valence-electron chi connectivity index (χ1n) is 5.17. The van der Waals surface area contributed by atoms with Crippen molar-refractivity contribution in [3.63, 3.8) is 0 Å². The molecule has 17 heavy (non-hydrogen) atoms. The van der Waals surface area contributed by atoms with Gasteiger partial charge in [-0.15, -0.1) is 0 Å². The second-order valence-electron chi connectivity index (χ2n) is 4.00. The van der Waals surface area contributed by atoms with Gasteiger partial charge < -0.3 is 4.74 Å². The Morgan fingerprint density at radius 2 is 1.94 bits per heavy atom. The number of sulfone groups is 1. The molecule has 4 nitrogen and oxygen atoms in total. The molecule has 0 N–H and O–H groups in total. The number of hydrogen-bond donors (Lipinski definition) is 0. The van der Waals surface area contributed by atoms with Gasteiger partial charge in [0.15, 0.2) is 15.6 Å². The van der Waals surface area contributed by atoms with Crippen molar-refractivity contribution in [2.75, 3.05) is 19.5 Å². The average Bonchev–Trinajstić information content (AvgIpc) is 2.15. The van der Waals surface area contributed by atoms with Gasteiger partial charge in [0.25, 0.3) is 0 Å². The Morgan fingerprint density at radius 3 is 2.47 bits per heavy atom. The summed E-state index contributed by atoms with van der Waals surface area (Å²) in [6.07, 6.45) is 0. The van der Waals surface area contributed by atoms with Crippen molar-refractivity contribution in [3.8, 4) is 0 Å². The van der Waals surface area contributed by atoms with Gasteiger partial charge in [0.2, 0.25) is 0 Å². The number of methoxy groups -OCH3 is 1. The number of benzene rings is 1. The number of aryl methyl sites for hydroxylation is 2. The summed E-state index contributed by atoms with van der Waals surface area (Å²) in [5.41, 5.74) is 1.65. The fourth-order valence-electron chi connectivity index (χ4n) is 1.64. The lowest BCUT2D eigenvalue weighted by Gasteiger charge is -2.07. The highest BCUT2D eigenvalue weighted by atomic mass is 32.2. The molecular weight excluding hydrogens is 240 g/mol. The van der Waals surface area contributed by atoms with Gasteiger partial charge in [0.05, 0.1) is 4.90 Å². The molecule has 0 saturated heterocycles. The Labute approximate surface area is 102 Å². The smallest absolute Gasteiger partial charge is 0.185 e. The molecule has 1 rings (SSSR count). The molecule has 0 aliphatic heterocycles. The summed E-state index contributed by atoms with van der Waals surface area (Å²) in [5, 5.41) is 0. The van der Waals surface area contributed by atoms with Crippen molar-refractivity contribution in [1.82, 2.24) is 0 Å². The summed E-state index contributed by atoms with van der Waals surface area (Å²) in [7, 11) is -2.20. The fourth-order valence-corrected chi connectivity index (χ4v) is 3.13. The van der Waals surface area contributed by atoms with Gasteiger partial charge in [-0.3, -0.25) is 4.79 Å². The summed E-state index contributed by atoms with van der Waals surface area (Å²) in [5.74, 6) is -0.947. The van der Waals surface area contributed by atoms with E-state index in [2.05, 4.69) is 4.74 Å². The summed E-state index contributed by atoms with van der Waals surface area (Å²) in [6.45, 7) is 3.43. The monoisotopic (exact) mass is 256 g/mol. The molecule has 0 aliphatic carbocycles. The van der Waals surface area contributed by atoms with E-state index in [1.54, 1.807) is 25.1 Å². The van der Waals surface area contributed by atoms with Gasteiger partial charge in [-0.2, -0.15) is 0 Å². The number of Topliss-reactive ketones (excluding diaryl/α,β-unsaturated/α-hetero) is 1. The summed E-state index contributed by atoms with van der Waals surface area (Å²) < 4.78 is 28.6. The van der Waals surface area contributed by atoms with Crippen LogP contribution in [0.3, 0.4) is 0 Å². The van der Waals surface area contributed by atoms with E-state index in [4.69, 9.17) is 0 Å². The Bertz CT molecular complexity index is 517. The lowest BCUT2D eigenvalue weighted by atomic mass is 10.2. The predicted molar refractivity (Wildman–Crippen MR) is 64.9 cm³/mol. The van der Waals surface area contributed by atoms with Crippen molar-refractivity contribution < 1.29 is 17.9 Å². The zero-order valence-electron chi connectivity index (χ0n) is 10.2. The van der Waals surface area contributed by atoms with Crippen LogP contribution in [0.5, 0.6) is 0 Å². The highest BCUT2D eigenvalue weighted by molar-refractivity contribution is 7.92.